The topological polar surface area (TPSA) is 67.4 Å². The lowest BCUT2D eigenvalue weighted by Gasteiger charge is -2.11. The second-order valence-corrected chi connectivity index (χ2v) is 6.39. The molecule has 0 aliphatic rings. The Labute approximate surface area is 157 Å². The van der Waals surface area contributed by atoms with E-state index in [1.54, 1.807) is 37.4 Å². The molecule has 0 saturated carbocycles. The highest BCUT2D eigenvalue weighted by molar-refractivity contribution is 9.10. The molecule has 8 heteroatoms. The van der Waals surface area contributed by atoms with Crippen molar-refractivity contribution >= 4 is 56.6 Å². The highest BCUT2D eigenvalue weighted by Crippen LogP contribution is 2.35. The molecule has 2 aromatic rings. The van der Waals surface area contributed by atoms with E-state index in [9.17, 15) is 9.59 Å². The van der Waals surface area contributed by atoms with E-state index < -0.39 is 0 Å². The number of benzene rings is 2. The van der Waals surface area contributed by atoms with E-state index >= 15 is 0 Å². The van der Waals surface area contributed by atoms with Crippen molar-refractivity contribution in [3.8, 4) is 5.75 Å². The van der Waals surface area contributed by atoms with E-state index in [-0.39, 0.29) is 18.4 Å². The van der Waals surface area contributed by atoms with Crippen LogP contribution in [0.5, 0.6) is 5.75 Å². The summed E-state index contributed by atoms with van der Waals surface area (Å²) in [6.07, 6.45) is 0. The summed E-state index contributed by atoms with van der Waals surface area (Å²) in [4.78, 5) is 23.4. The van der Waals surface area contributed by atoms with Crippen molar-refractivity contribution in [2.24, 2.45) is 0 Å². The maximum Gasteiger partial charge on any atom is 0.262 e. The Balaban J connectivity index is 1.95. The van der Waals surface area contributed by atoms with Gasteiger partial charge in [-0.3, -0.25) is 9.59 Å². The van der Waals surface area contributed by atoms with Crippen LogP contribution in [0, 0.1) is 0 Å². The number of carbonyl (C=O) groups excluding carboxylic acids is 2. The first kappa shape index (κ1) is 18.6. The number of hydrogen-bond acceptors (Lipinski definition) is 3. The fourth-order valence-electron chi connectivity index (χ4n) is 1.85. The van der Waals surface area contributed by atoms with Crippen LogP contribution >= 0.6 is 39.1 Å². The molecule has 0 aliphatic heterocycles. The smallest absolute Gasteiger partial charge is 0.262 e. The third kappa shape index (κ3) is 4.87. The van der Waals surface area contributed by atoms with Crippen molar-refractivity contribution in [1.29, 1.82) is 0 Å². The summed E-state index contributed by atoms with van der Waals surface area (Å²) in [6.45, 7) is -0.225. The summed E-state index contributed by atoms with van der Waals surface area (Å²) in [5.74, 6) is -0.217. The summed E-state index contributed by atoms with van der Waals surface area (Å²) in [5.41, 5.74) is 1.06. The summed E-state index contributed by atoms with van der Waals surface area (Å²) in [7, 11) is 1.55. The van der Waals surface area contributed by atoms with Gasteiger partial charge in [0.25, 0.3) is 11.8 Å². The molecule has 0 spiro atoms. The Morgan fingerprint density at radius 3 is 2.42 bits per heavy atom. The molecular formula is C16H13BrCl2N2O3. The molecule has 0 aliphatic carbocycles. The fourth-order valence-corrected chi connectivity index (χ4v) is 3.22. The number of halogens is 3. The summed E-state index contributed by atoms with van der Waals surface area (Å²) >= 11 is 15.2. The first-order valence-corrected chi connectivity index (χ1v) is 8.35. The van der Waals surface area contributed by atoms with Gasteiger partial charge in [-0.15, -0.1) is 0 Å². The second-order valence-electron chi connectivity index (χ2n) is 4.69. The van der Waals surface area contributed by atoms with Crippen molar-refractivity contribution in [3.05, 3.63) is 56.5 Å². The standard InChI is InChI=1S/C16H13BrCl2N2O3/c1-20-16(23)9-2-4-11(5-3-9)21-14(22)8-24-15-12(17)6-10(18)7-13(15)19/h2-7H,8H2,1H3,(H,20,23)(H,21,22). The Morgan fingerprint density at radius 1 is 1.17 bits per heavy atom. The largest absolute Gasteiger partial charge is 0.481 e. The van der Waals surface area contributed by atoms with Gasteiger partial charge in [-0.05, 0) is 52.3 Å². The van der Waals surface area contributed by atoms with Crippen molar-refractivity contribution in [3.63, 3.8) is 0 Å². The molecule has 24 heavy (non-hydrogen) atoms. The lowest BCUT2D eigenvalue weighted by molar-refractivity contribution is -0.118. The van der Waals surface area contributed by atoms with E-state index in [1.807, 2.05) is 0 Å². The van der Waals surface area contributed by atoms with Gasteiger partial charge in [-0.2, -0.15) is 0 Å². The zero-order valence-electron chi connectivity index (χ0n) is 12.5. The molecule has 5 nitrogen and oxygen atoms in total. The Kier molecular flexibility index (Phi) is 6.48. The van der Waals surface area contributed by atoms with Crippen LogP contribution in [0.4, 0.5) is 5.69 Å². The maximum absolute atomic E-state index is 12.0. The highest BCUT2D eigenvalue weighted by atomic mass is 79.9. The van der Waals surface area contributed by atoms with Gasteiger partial charge in [0.1, 0.15) is 0 Å². The fraction of sp³-hybridized carbons (Fsp3) is 0.125. The summed E-state index contributed by atoms with van der Waals surface area (Å²) < 4.78 is 5.98. The lowest BCUT2D eigenvalue weighted by atomic mass is 10.2. The maximum atomic E-state index is 12.0. The average molecular weight is 432 g/mol. The van der Waals surface area contributed by atoms with Crippen molar-refractivity contribution in [2.45, 2.75) is 0 Å². The van der Waals surface area contributed by atoms with Gasteiger partial charge >= 0.3 is 0 Å². The van der Waals surface area contributed by atoms with Gasteiger partial charge < -0.3 is 15.4 Å². The minimum absolute atomic E-state index is 0.196. The lowest BCUT2D eigenvalue weighted by Crippen LogP contribution is -2.21. The quantitative estimate of drug-likeness (QED) is 0.747. The van der Waals surface area contributed by atoms with Gasteiger partial charge in [-0.25, -0.2) is 0 Å². The molecule has 0 aromatic heterocycles. The Hall–Kier alpha value is -1.76. The Morgan fingerprint density at radius 2 is 1.83 bits per heavy atom. The van der Waals surface area contributed by atoms with Crippen LogP contribution in [0.3, 0.4) is 0 Å². The molecule has 0 bridgehead atoms. The zero-order valence-corrected chi connectivity index (χ0v) is 15.6. The molecule has 0 radical (unpaired) electrons. The van der Waals surface area contributed by atoms with Crippen molar-refractivity contribution in [1.82, 2.24) is 5.32 Å². The molecule has 0 saturated heterocycles. The third-order valence-electron chi connectivity index (χ3n) is 2.97. The second kappa shape index (κ2) is 8.37. The van der Waals surface area contributed by atoms with Crippen molar-refractivity contribution in [2.75, 3.05) is 19.0 Å². The van der Waals surface area contributed by atoms with E-state index in [2.05, 4.69) is 26.6 Å². The van der Waals surface area contributed by atoms with E-state index in [0.717, 1.165) is 0 Å². The SMILES string of the molecule is CNC(=O)c1ccc(NC(=O)COc2c(Cl)cc(Cl)cc2Br)cc1. The summed E-state index contributed by atoms with van der Waals surface area (Å²) in [5, 5.41) is 5.95. The molecule has 2 N–H and O–H groups in total. The first-order chi connectivity index (χ1) is 11.4. The predicted octanol–water partition coefficient (Wildman–Crippen LogP) is 4.13. The first-order valence-electron chi connectivity index (χ1n) is 6.80. The van der Waals surface area contributed by atoms with E-state index in [1.165, 1.54) is 6.07 Å². The number of ether oxygens (including phenoxy) is 1. The molecule has 0 atom stereocenters. The van der Waals surface area contributed by atoms with Gasteiger partial charge in [0.05, 0.1) is 9.50 Å². The number of rotatable bonds is 5. The normalized spacial score (nSPS) is 10.2. The third-order valence-corrected chi connectivity index (χ3v) is 4.06. The average Bonchev–Trinajstić information content (AvgIpc) is 2.53. The minimum atomic E-state index is -0.361. The molecule has 126 valence electrons. The van der Waals surface area contributed by atoms with E-state index in [4.69, 9.17) is 27.9 Å². The molecule has 2 amide bonds. The monoisotopic (exact) mass is 430 g/mol. The highest BCUT2D eigenvalue weighted by Gasteiger charge is 2.11. The van der Waals surface area contributed by atoms with Gasteiger partial charge in [0, 0.05) is 23.3 Å². The van der Waals surface area contributed by atoms with Crippen LogP contribution in [0.1, 0.15) is 10.4 Å². The van der Waals surface area contributed by atoms with Gasteiger partial charge in [0.2, 0.25) is 0 Å². The number of anilines is 1. The van der Waals surface area contributed by atoms with Gasteiger partial charge in [-0.1, -0.05) is 23.2 Å². The molecule has 0 unspecified atom stereocenters. The number of hydrogen-bond donors (Lipinski definition) is 2. The van der Waals surface area contributed by atoms with Crippen LogP contribution in [0.2, 0.25) is 10.0 Å². The number of amides is 2. The van der Waals surface area contributed by atoms with Gasteiger partial charge in [0.15, 0.2) is 12.4 Å². The number of carbonyl (C=O) groups is 2. The van der Waals surface area contributed by atoms with Crippen LogP contribution in [0.25, 0.3) is 0 Å². The molecule has 0 fully saturated rings. The van der Waals surface area contributed by atoms with Crippen molar-refractivity contribution < 1.29 is 14.3 Å². The Bertz CT molecular complexity index is 743. The zero-order chi connectivity index (χ0) is 17.7. The predicted molar refractivity (Wildman–Crippen MR) is 98.1 cm³/mol. The van der Waals surface area contributed by atoms with E-state index in [0.29, 0.717) is 31.5 Å². The van der Waals surface area contributed by atoms with Crippen LogP contribution in [0.15, 0.2) is 40.9 Å². The molecule has 2 rings (SSSR count). The van der Waals surface area contributed by atoms with Crippen LogP contribution < -0.4 is 15.4 Å². The van der Waals surface area contributed by atoms with Crippen LogP contribution in [-0.2, 0) is 4.79 Å². The summed E-state index contributed by atoms with van der Waals surface area (Å²) in [6, 6.07) is 9.64. The minimum Gasteiger partial charge on any atom is -0.481 e. The van der Waals surface area contributed by atoms with Crippen LogP contribution in [-0.4, -0.2) is 25.5 Å². The molecule has 2 aromatic carbocycles. The number of nitrogens with one attached hydrogen (secondary N) is 2. The molecular weight excluding hydrogens is 419 g/mol. The molecule has 0 heterocycles.